The molecule has 0 saturated carbocycles. The molecule has 0 unspecified atom stereocenters. The number of nitrogens with zero attached hydrogens (tertiary/aromatic N) is 4. The summed E-state index contributed by atoms with van der Waals surface area (Å²) in [6, 6.07) is 10.2. The van der Waals surface area contributed by atoms with E-state index in [0.717, 1.165) is 47.9 Å². The molecule has 4 rings (SSSR count). The summed E-state index contributed by atoms with van der Waals surface area (Å²) in [4.78, 5) is 12.5. The first-order valence-electron chi connectivity index (χ1n) is 8.23. The first-order valence-corrected chi connectivity index (χ1v) is 9.11. The highest BCUT2D eigenvalue weighted by atomic mass is 32.1. The molecular weight excluding hydrogens is 334 g/mol. The highest BCUT2D eigenvalue weighted by Gasteiger charge is 2.17. The van der Waals surface area contributed by atoms with Crippen molar-refractivity contribution in [2.24, 2.45) is 5.10 Å². The summed E-state index contributed by atoms with van der Waals surface area (Å²) in [6.07, 6.45) is 1.78. The molecule has 1 aromatic carbocycles. The highest BCUT2D eigenvalue weighted by molar-refractivity contribution is 7.16. The Kier molecular flexibility index (Phi) is 4.58. The number of benzene rings is 1. The van der Waals surface area contributed by atoms with Crippen LogP contribution in [0.5, 0.6) is 0 Å². The van der Waals surface area contributed by atoms with E-state index in [1.165, 1.54) is 5.56 Å². The van der Waals surface area contributed by atoms with E-state index in [1.807, 2.05) is 17.5 Å². The van der Waals surface area contributed by atoms with Crippen molar-refractivity contribution in [3.8, 4) is 0 Å². The lowest BCUT2D eigenvalue weighted by Gasteiger charge is -2.28. The third-order valence-corrected chi connectivity index (χ3v) is 4.84. The van der Waals surface area contributed by atoms with Crippen molar-refractivity contribution >= 4 is 39.5 Å². The Morgan fingerprint density at radius 3 is 2.96 bits per heavy atom. The first-order chi connectivity index (χ1) is 12.3. The van der Waals surface area contributed by atoms with Gasteiger partial charge in [0.05, 0.1) is 24.8 Å². The molecule has 1 aliphatic rings. The molecule has 2 aromatic heterocycles. The normalized spacial score (nSPS) is 15.2. The van der Waals surface area contributed by atoms with Gasteiger partial charge in [0, 0.05) is 13.1 Å². The largest absolute Gasteiger partial charge is 0.378 e. The Morgan fingerprint density at radius 1 is 1.24 bits per heavy atom. The molecule has 1 fully saturated rings. The second-order valence-corrected chi connectivity index (χ2v) is 6.79. The van der Waals surface area contributed by atoms with Gasteiger partial charge in [0.1, 0.15) is 10.6 Å². The Balaban J connectivity index is 1.59. The number of morpholine rings is 1. The van der Waals surface area contributed by atoms with Crippen LogP contribution in [0, 0.1) is 6.92 Å². The van der Waals surface area contributed by atoms with Crippen LogP contribution >= 0.6 is 11.3 Å². The predicted molar refractivity (Wildman–Crippen MR) is 103 cm³/mol. The molecule has 0 atom stereocenters. The van der Waals surface area contributed by atoms with Crippen molar-refractivity contribution in [1.29, 1.82) is 0 Å². The number of hydrazone groups is 1. The zero-order valence-corrected chi connectivity index (χ0v) is 14.8. The summed E-state index contributed by atoms with van der Waals surface area (Å²) in [5.74, 6) is 1.46. The zero-order valence-electron chi connectivity index (χ0n) is 14.0. The zero-order chi connectivity index (χ0) is 17.1. The predicted octanol–water partition coefficient (Wildman–Crippen LogP) is 3.28. The number of nitrogens with one attached hydrogen (secondary N) is 1. The molecule has 0 spiro atoms. The van der Waals surface area contributed by atoms with Crippen LogP contribution in [0.3, 0.4) is 0 Å². The maximum Gasteiger partial charge on any atom is 0.246 e. The Labute approximate surface area is 150 Å². The van der Waals surface area contributed by atoms with Gasteiger partial charge in [0.25, 0.3) is 0 Å². The number of rotatable bonds is 4. The Morgan fingerprint density at radius 2 is 2.12 bits per heavy atom. The third kappa shape index (κ3) is 3.62. The van der Waals surface area contributed by atoms with Crippen LogP contribution in [0.1, 0.15) is 11.1 Å². The number of hydrogen-bond acceptors (Lipinski definition) is 7. The molecular formula is C18H19N5OS. The standard InChI is InChI=1S/C18H19N5OS/c1-13-3-2-4-14(11-13)12-19-22-18-20-16(23-6-8-24-9-7-23)15-5-10-25-17(15)21-18/h2-5,10-12H,6-9H2,1H3,(H,20,21,22)/b19-12+. The van der Waals surface area contributed by atoms with Crippen molar-refractivity contribution in [2.45, 2.75) is 6.92 Å². The van der Waals surface area contributed by atoms with E-state index in [0.29, 0.717) is 5.95 Å². The fourth-order valence-electron chi connectivity index (χ4n) is 2.82. The minimum Gasteiger partial charge on any atom is -0.378 e. The van der Waals surface area contributed by atoms with E-state index in [2.05, 4.69) is 50.5 Å². The smallest absolute Gasteiger partial charge is 0.246 e. The van der Waals surface area contributed by atoms with Gasteiger partial charge in [0.2, 0.25) is 5.95 Å². The van der Waals surface area contributed by atoms with Gasteiger partial charge in [-0.25, -0.2) is 10.4 Å². The average Bonchev–Trinajstić information content (AvgIpc) is 3.10. The monoisotopic (exact) mass is 353 g/mol. The van der Waals surface area contributed by atoms with Crippen LogP contribution in [0.4, 0.5) is 11.8 Å². The van der Waals surface area contributed by atoms with E-state index in [9.17, 15) is 0 Å². The number of thiophene rings is 1. The molecule has 0 radical (unpaired) electrons. The second-order valence-electron chi connectivity index (χ2n) is 5.89. The van der Waals surface area contributed by atoms with Gasteiger partial charge in [-0.2, -0.15) is 10.1 Å². The molecule has 128 valence electrons. The Hall–Kier alpha value is -2.51. The van der Waals surface area contributed by atoms with Gasteiger partial charge in [-0.05, 0) is 23.9 Å². The van der Waals surface area contributed by atoms with Gasteiger partial charge in [0.15, 0.2) is 0 Å². The Bertz CT molecular complexity index is 901. The fraction of sp³-hybridized carbons (Fsp3) is 0.278. The molecule has 3 heterocycles. The molecule has 7 heteroatoms. The molecule has 6 nitrogen and oxygen atoms in total. The summed E-state index contributed by atoms with van der Waals surface area (Å²) in [5.41, 5.74) is 5.21. The highest BCUT2D eigenvalue weighted by Crippen LogP contribution is 2.29. The molecule has 1 N–H and O–H groups in total. The lowest BCUT2D eigenvalue weighted by atomic mass is 10.2. The van der Waals surface area contributed by atoms with Crippen molar-refractivity contribution in [1.82, 2.24) is 9.97 Å². The van der Waals surface area contributed by atoms with Crippen molar-refractivity contribution in [3.05, 3.63) is 46.8 Å². The van der Waals surface area contributed by atoms with Crippen molar-refractivity contribution < 1.29 is 4.74 Å². The molecule has 0 aliphatic carbocycles. The average molecular weight is 353 g/mol. The van der Waals surface area contributed by atoms with Crippen LogP contribution < -0.4 is 10.3 Å². The maximum absolute atomic E-state index is 5.45. The molecule has 0 amide bonds. The van der Waals surface area contributed by atoms with Gasteiger partial charge in [-0.15, -0.1) is 11.3 Å². The minimum atomic E-state index is 0.514. The van der Waals surface area contributed by atoms with Crippen LogP contribution in [0.15, 0.2) is 40.8 Å². The lowest BCUT2D eigenvalue weighted by molar-refractivity contribution is 0.122. The summed E-state index contributed by atoms with van der Waals surface area (Å²) in [7, 11) is 0. The van der Waals surface area contributed by atoms with Crippen molar-refractivity contribution in [3.63, 3.8) is 0 Å². The summed E-state index contributed by atoms with van der Waals surface area (Å²) in [6.45, 7) is 5.20. The number of hydrogen-bond donors (Lipinski definition) is 1. The summed E-state index contributed by atoms with van der Waals surface area (Å²) >= 11 is 1.61. The van der Waals surface area contributed by atoms with Gasteiger partial charge in [-0.3, -0.25) is 0 Å². The van der Waals surface area contributed by atoms with E-state index in [1.54, 1.807) is 17.6 Å². The van der Waals surface area contributed by atoms with E-state index < -0.39 is 0 Å². The molecule has 3 aromatic rings. The van der Waals surface area contributed by atoms with Crippen LogP contribution in [0.2, 0.25) is 0 Å². The maximum atomic E-state index is 5.45. The first kappa shape index (κ1) is 16.0. The molecule has 0 bridgehead atoms. The number of anilines is 2. The van der Waals surface area contributed by atoms with Crippen LogP contribution in [-0.2, 0) is 4.74 Å². The number of ether oxygens (including phenoxy) is 1. The van der Waals surface area contributed by atoms with Crippen LogP contribution in [0.25, 0.3) is 10.2 Å². The van der Waals surface area contributed by atoms with E-state index in [4.69, 9.17) is 4.74 Å². The molecule has 1 saturated heterocycles. The molecule has 25 heavy (non-hydrogen) atoms. The number of aromatic nitrogens is 2. The van der Waals surface area contributed by atoms with Crippen LogP contribution in [-0.4, -0.2) is 42.5 Å². The van der Waals surface area contributed by atoms with Gasteiger partial charge >= 0.3 is 0 Å². The SMILES string of the molecule is Cc1cccc(/C=N/Nc2nc(N3CCOCC3)c3ccsc3n2)c1. The quantitative estimate of drug-likeness (QED) is 0.576. The third-order valence-electron chi connectivity index (χ3n) is 4.04. The van der Waals surface area contributed by atoms with Gasteiger partial charge < -0.3 is 9.64 Å². The molecule has 1 aliphatic heterocycles. The lowest BCUT2D eigenvalue weighted by Crippen LogP contribution is -2.37. The second kappa shape index (κ2) is 7.16. The number of aryl methyl sites for hydroxylation is 1. The van der Waals surface area contributed by atoms with E-state index >= 15 is 0 Å². The minimum absolute atomic E-state index is 0.514. The summed E-state index contributed by atoms with van der Waals surface area (Å²) in [5, 5.41) is 7.42. The number of fused-ring (bicyclic) bond motifs is 1. The summed E-state index contributed by atoms with van der Waals surface area (Å²) < 4.78 is 5.45. The van der Waals surface area contributed by atoms with Gasteiger partial charge in [-0.1, -0.05) is 29.8 Å². The van der Waals surface area contributed by atoms with E-state index in [-0.39, 0.29) is 0 Å². The van der Waals surface area contributed by atoms with Crippen molar-refractivity contribution in [2.75, 3.05) is 36.6 Å². The topological polar surface area (TPSA) is 62.6 Å². The fourth-order valence-corrected chi connectivity index (χ4v) is 3.58.